The summed E-state index contributed by atoms with van der Waals surface area (Å²) in [5, 5.41) is 20.2. The molecule has 1 fully saturated rings. The van der Waals surface area contributed by atoms with Crippen molar-refractivity contribution in [1.29, 1.82) is 0 Å². The quantitative estimate of drug-likeness (QED) is 0.569. The van der Waals surface area contributed by atoms with Crippen LogP contribution in [0.1, 0.15) is 36.5 Å². The van der Waals surface area contributed by atoms with E-state index in [9.17, 15) is 19.7 Å². The van der Waals surface area contributed by atoms with E-state index in [-0.39, 0.29) is 35.5 Å². The summed E-state index contributed by atoms with van der Waals surface area (Å²) in [6, 6.07) is 4.34. The summed E-state index contributed by atoms with van der Waals surface area (Å²) in [6.07, 6.45) is 2.21. The van der Waals surface area contributed by atoms with Gasteiger partial charge in [0.15, 0.2) is 5.75 Å². The number of likely N-dealkylation sites (tertiary alicyclic amines) is 1. The number of nitrogens with zero attached hydrogens (tertiary/aromatic N) is 3. The maximum absolute atomic E-state index is 12.8. The fraction of sp³-hybridized carbons (Fsp3) is 0.556. The molecule has 1 aromatic rings. The first-order valence-corrected chi connectivity index (χ1v) is 8.96. The van der Waals surface area contributed by atoms with Gasteiger partial charge in [0.2, 0.25) is 0 Å². The van der Waals surface area contributed by atoms with Gasteiger partial charge >= 0.3 is 11.7 Å². The standard InChI is InChI=1S/C18H25N3O6/c1-3-27-16-7-6-13(11-15(16)21(25)26)18(24)20-9-4-5-14(8-10-20)19(2)12-17(22)23/h6-7,11,14H,3-5,8-10,12H2,1-2H3,(H,22,23). The van der Waals surface area contributed by atoms with Gasteiger partial charge in [-0.2, -0.15) is 0 Å². The molecule has 0 bridgehead atoms. The number of hydrogen-bond acceptors (Lipinski definition) is 6. The van der Waals surface area contributed by atoms with Crippen LogP contribution in [-0.2, 0) is 4.79 Å². The molecule has 1 saturated heterocycles. The summed E-state index contributed by atoms with van der Waals surface area (Å²) in [5.41, 5.74) is 0.0269. The summed E-state index contributed by atoms with van der Waals surface area (Å²) >= 11 is 0. The normalized spacial score (nSPS) is 17.4. The first-order chi connectivity index (χ1) is 12.8. The van der Waals surface area contributed by atoms with Gasteiger partial charge in [0.25, 0.3) is 5.91 Å². The Kier molecular flexibility index (Phi) is 7.12. The van der Waals surface area contributed by atoms with E-state index in [1.807, 2.05) is 0 Å². The van der Waals surface area contributed by atoms with Crippen molar-refractivity contribution >= 4 is 17.6 Å². The van der Waals surface area contributed by atoms with Crippen LogP contribution >= 0.6 is 0 Å². The highest BCUT2D eigenvalue weighted by molar-refractivity contribution is 5.95. The van der Waals surface area contributed by atoms with Crippen LogP contribution in [0.25, 0.3) is 0 Å². The largest absolute Gasteiger partial charge is 0.487 e. The number of carboxylic acid groups (broad SMARTS) is 1. The molecule has 0 spiro atoms. The number of carboxylic acids is 1. The third kappa shape index (κ3) is 5.40. The molecule has 1 aromatic carbocycles. The fourth-order valence-corrected chi connectivity index (χ4v) is 3.32. The zero-order chi connectivity index (χ0) is 20.0. The second-order valence-electron chi connectivity index (χ2n) is 6.56. The van der Waals surface area contributed by atoms with E-state index in [1.54, 1.807) is 29.8 Å². The third-order valence-electron chi connectivity index (χ3n) is 4.70. The lowest BCUT2D eigenvalue weighted by molar-refractivity contribution is -0.385. The molecule has 0 saturated carbocycles. The van der Waals surface area contributed by atoms with Crippen molar-refractivity contribution < 1.29 is 24.4 Å². The van der Waals surface area contributed by atoms with Crippen LogP contribution in [-0.4, -0.2) is 71.0 Å². The predicted molar refractivity (Wildman–Crippen MR) is 98.1 cm³/mol. The SMILES string of the molecule is CCOc1ccc(C(=O)N2CCCC(N(C)CC(=O)O)CC2)cc1[N+](=O)[O-]. The molecule has 0 radical (unpaired) electrons. The maximum atomic E-state index is 12.8. The van der Waals surface area contributed by atoms with Gasteiger partial charge in [-0.1, -0.05) is 0 Å². The van der Waals surface area contributed by atoms with Crippen LogP contribution in [0.5, 0.6) is 5.75 Å². The summed E-state index contributed by atoms with van der Waals surface area (Å²) in [6.45, 7) is 3.01. The molecule has 0 aliphatic carbocycles. The number of benzene rings is 1. The van der Waals surface area contributed by atoms with Crippen LogP contribution in [0, 0.1) is 10.1 Å². The molecule has 1 aliphatic heterocycles. The second kappa shape index (κ2) is 9.31. The second-order valence-corrected chi connectivity index (χ2v) is 6.56. The van der Waals surface area contributed by atoms with Gasteiger partial charge in [-0.25, -0.2) is 0 Å². The summed E-state index contributed by atoms with van der Waals surface area (Å²) in [4.78, 5) is 37.9. The average Bonchev–Trinajstić information content (AvgIpc) is 2.87. The minimum absolute atomic E-state index is 0.0380. The molecule has 9 heteroatoms. The van der Waals surface area contributed by atoms with Crippen molar-refractivity contribution in [1.82, 2.24) is 9.80 Å². The average molecular weight is 379 g/mol. The highest BCUT2D eigenvalue weighted by atomic mass is 16.6. The Labute approximate surface area is 157 Å². The number of likely N-dealkylation sites (N-methyl/N-ethyl adjacent to an activating group) is 1. The van der Waals surface area contributed by atoms with Crippen molar-refractivity contribution in [2.45, 2.75) is 32.2 Å². The zero-order valence-corrected chi connectivity index (χ0v) is 15.6. The van der Waals surface area contributed by atoms with E-state index >= 15 is 0 Å². The van der Waals surface area contributed by atoms with Crippen LogP contribution in [0.3, 0.4) is 0 Å². The van der Waals surface area contributed by atoms with Crippen molar-refractivity contribution in [2.75, 3.05) is 33.3 Å². The van der Waals surface area contributed by atoms with Crippen LogP contribution < -0.4 is 4.74 Å². The third-order valence-corrected chi connectivity index (χ3v) is 4.70. The van der Waals surface area contributed by atoms with Gasteiger partial charge in [-0.15, -0.1) is 0 Å². The number of nitro groups is 1. The number of aliphatic carboxylic acids is 1. The van der Waals surface area contributed by atoms with E-state index < -0.39 is 10.9 Å². The fourth-order valence-electron chi connectivity index (χ4n) is 3.32. The Hall–Kier alpha value is -2.68. The van der Waals surface area contributed by atoms with Crippen molar-refractivity contribution in [2.24, 2.45) is 0 Å². The van der Waals surface area contributed by atoms with Crippen molar-refractivity contribution in [3.63, 3.8) is 0 Å². The number of carbonyl (C=O) groups is 2. The molecule has 1 amide bonds. The number of carbonyl (C=O) groups excluding carboxylic acids is 1. The topological polar surface area (TPSA) is 113 Å². The molecule has 2 rings (SSSR count). The number of nitro benzene ring substituents is 1. The lowest BCUT2D eigenvalue weighted by Gasteiger charge is -2.25. The molecule has 1 heterocycles. The van der Waals surface area contributed by atoms with E-state index in [0.29, 0.717) is 26.1 Å². The molecule has 1 atom stereocenters. The highest BCUT2D eigenvalue weighted by Gasteiger charge is 2.26. The minimum Gasteiger partial charge on any atom is -0.487 e. The number of rotatable bonds is 7. The summed E-state index contributed by atoms with van der Waals surface area (Å²) in [7, 11) is 1.77. The minimum atomic E-state index is -0.878. The molecule has 1 aliphatic rings. The zero-order valence-electron chi connectivity index (χ0n) is 15.6. The first kappa shape index (κ1) is 20.6. The molecule has 1 N–H and O–H groups in total. The van der Waals surface area contributed by atoms with E-state index in [2.05, 4.69) is 0 Å². The smallest absolute Gasteiger partial charge is 0.317 e. The van der Waals surface area contributed by atoms with Gasteiger partial charge in [-0.05, 0) is 45.4 Å². The van der Waals surface area contributed by atoms with E-state index in [1.165, 1.54) is 12.1 Å². The Balaban J connectivity index is 2.10. The lowest BCUT2D eigenvalue weighted by Crippen LogP contribution is -2.37. The van der Waals surface area contributed by atoms with Gasteiger partial charge in [0, 0.05) is 30.8 Å². The van der Waals surface area contributed by atoms with E-state index in [4.69, 9.17) is 9.84 Å². The predicted octanol–water partition coefficient (Wildman–Crippen LogP) is 2.00. The molecule has 0 aromatic heterocycles. The Morgan fingerprint density at radius 2 is 2.11 bits per heavy atom. The molecular formula is C18H25N3O6. The highest BCUT2D eigenvalue weighted by Crippen LogP contribution is 2.29. The van der Waals surface area contributed by atoms with E-state index in [0.717, 1.165) is 12.8 Å². The monoisotopic (exact) mass is 379 g/mol. The molecule has 1 unspecified atom stereocenters. The number of ether oxygens (including phenoxy) is 1. The Morgan fingerprint density at radius 3 is 2.74 bits per heavy atom. The van der Waals surface area contributed by atoms with Crippen LogP contribution in [0.15, 0.2) is 18.2 Å². The van der Waals surface area contributed by atoms with Gasteiger partial charge in [0.05, 0.1) is 18.1 Å². The Morgan fingerprint density at radius 1 is 1.37 bits per heavy atom. The lowest BCUT2D eigenvalue weighted by atomic mass is 10.1. The Bertz CT molecular complexity index is 708. The molecular weight excluding hydrogens is 354 g/mol. The molecule has 9 nitrogen and oxygen atoms in total. The molecule has 148 valence electrons. The van der Waals surface area contributed by atoms with Gasteiger partial charge in [0.1, 0.15) is 0 Å². The molecule has 27 heavy (non-hydrogen) atoms. The number of hydrogen-bond donors (Lipinski definition) is 1. The number of amides is 1. The van der Waals surface area contributed by atoms with Gasteiger partial charge in [-0.3, -0.25) is 24.6 Å². The summed E-state index contributed by atoms with van der Waals surface area (Å²) in [5.74, 6) is -0.996. The van der Waals surface area contributed by atoms with Crippen LogP contribution in [0.2, 0.25) is 0 Å². The van der Waals surface area contributed by atoms with Crippen molar-refractivity contribution in [3.05, 3.63) is 33.9 Å². The maximum Gasteiger partial charge on any atom is 0.317 e. The van der Waals surface area contributed by atoms with Crippen LogP contribution in [0.4, 0.5) is 5.69 Å². The van der Waals surface area contributed by atoms with Crippen molar-refractivity contribution in [3.8, 4) is 5.75 Å². The first-order valence-electron chi connectivity index (χ1n) is 8.96. The van der Waals surface area contributed by atoms with Gasteiger partial charge < -0.3 is 14.7 Å². The summed E-state index contributed by atoms with van der Waals surface area (Å²) < 4.78 is 5.25.